The Morgan fingerprint density at radius 3 is 2.53 bits per heavy atom. The number of amidine groups is 1. The minimum atomic E-state index is 0.193. The fourth-order valence-electron chi connectivity index (χ4n) is 3.02. The molecule has 1 saturated heterocycles. The third-order valence-corrected chi connectivity index (χ3v) is 3.79. The minimum Gasteiger partial charge on any atom is -0.409 e. The van der Waals surface area contributed by atoms with E-state index in [0.717, 1.165) is 13.0 Å². The average Bonchev–Trinajstić information content (AvgIpc) is 2.78. The topological polar surface area (TPSA) is 61.9 Å². The van der Waals surface area contributed by atoms with E-state index in [1.807, 2.05) is 0 Å². The van der Waals surface area contributed by atoms with Gasteiger partial charge in [0.2, 0.25) is 0 Å². The highest BCUT2D eigenvalue weighted by atomic mass is 16.4. The Balaban J connectivity index is 2.00. The van der Waals surface area contributed by atoms with Crippen LogP contribution in [-0.4, -0.2) is 34.6 Å². The highest BCUT2D eigenvalue weighted by Gasteiger charge is 2.33. The largest absolute Gasteiger partial charge is 0.409 e. The molecule has 1 heterocycles. The lowest BCUT2D eigenvalue weighted by Crippen LogP contribution is -2.46. The van der Waals surface area contributed by atoms with Crippen molar-refractivity contribution in [1.82, 2.24) is 4.90 Å². The van der Waals surface area contributed by atoms with Gasteiger partial charge >= 0.3 is 0 Å². The summed E-state index contributed by atoms with van der Waals surface area (Å²) in [6.45, 7) is 1.12. The zero-order valence-corrected chi connectivity index (χ0v) is 9.23. The van der Waals surface area contributed by atoms with Gasteiger partial charge in [0.1, 0.15) is 0 Å². The predicted octanol–water partition coefficient (Wildman–Crippen LogP) is 1.53. The van der Waals surface area contributed by atoms with Crippen LogP contribution in [0.5, 0.6) is 0 Å². The summed E-state index contributed by atoms with van der Waals surface area (Å²) in [7, 11) is 0. The van der Waals surface area contributed by atoms with Crippen molar-refractivity contribution < 1.29 is 5.21 Å². The van der Waals surface area contributed by atoms with Crippen molar-refractivity contribution in [3.8, 4) is 0 Å². The van der Waals surface area contributed by atoms with E-state index < -0.39 is 0 Å². The quantitative estimate of drug-likeness (QED) is 0.315. The smallest absolute Gasteiger partial charge is 0.156 e. The van der Waals surface area contributed by atoms with Crippen LogP contribution in [-0.2, 0) is 0 Å². The number of hydrogen-bond donors (Lipinski definition) is 2. The predicted molar refractivity (Wildman–Crippen MR) is 60.0 cm³/mol. The van der Waals surface area contributed by atoms with E-state index in [0.29, 0.717) is 11.9 Å². The molecule has 0 aromatic carbocycles. The Bertz CT molecular complexity index is 236. The summed E-state index contributed by atoms with van der Waals surface area (Å²) in [5, 5.41) is 11.9. The molecule has 1 aliphatic heterocycles. The maximum atomic E-state index is 8.75. The molecule has 86 valence electrons. The summed E-state index contributed by atoms with van der Waals surface area (Å²) in [6, 6.07) is 0.865. The Labute approximate surface area is 91.1 Å². The summed E-state index contributed by atoms with van der Waals surface area (Å²) in [6.07, 6.45) is 8.85. The van der Waals surface area contributed by atoms with Gasteiger partial charge in [-0.05, 0) is 32.2 Å². The number of oxime groups is 1. The van der Waals surface area contributed by atoms with Gasteiger partial charge in [0.05, 0.1) is 6.04 Å². The zero-order chi connectivity index (χ0) is 10.7. The lowest BCUT2D eigenvalue weighted by molar-refractivity contribution is 0.167. The molecule has 0 radical (unpaired) electrons. The van der Waals surface area contributed by atoms with E-state index >= 15 is 0 Å². The molecule has 1 saturated carbocycles. The van der Waals surface area contributed by atoms with Crippen LogP contribution >= 0.6 is 0 Å². The molecule has 0 bridgehead atoms. The van der Waals surface area contributed by atoms with Crippen LogP contribution in [0.3, 0.4) is 0 Å². The zero-order valence-electron chi connectivity index (χ0n) is 9.23. The summed E-state index contributed by atoms with van der Waals surface area (Å²) in [5.41, 5.74) is 5.73. The molecule has 3 N–H and O–H groups in total. The second-order valence-electron chi connectivity index (χ2n) is 4.71. The number of nitrogens with zero attached hydrogens (tertiary/aromatic N) is 2. The molecular formula is C11H21N3O. The average molecular weight is 211 g/mol. The van der Waals surface area contributed by atoms with Crippen molar-refractivity contribution in [2.75, 3.05) is 6.54 Å². The van der Waals surface area contributed by atoms with Crippen LogP contribution in [0.4, 0.5) is 0 Å². The normalized spacial score (nSPS) is 30.9. The highest BCUT2D eigenvalue weighted by Crippen LogP contribution is 2.29. The molecule has 1 unspecified atom stereocenters. The van der Waals surface area contributed by atoms with Crippen molar-refractivity contribution in [2.24, 2.45) is 10.9 Å². The molecule has 1 atom stereocenters. The SMILES string of the molecule is NC(=NO)C1CCCN1C1CCCCC1. The monoisotopic (exact) mass is 211 g/mol. The van der Waals surface area contributed by atoms with E-state index in [2.05, 4.69) is 10.1 Å². The Morgan fingerprint density at radius 2 is 1.87 bits per heavy atom. The Kier molecular flexibility index (Phi) is 3.46. The van der Waals surface area contributed by atoms with Crippen LogP contribution in [0.25, 0.3) is 0 Å². The van der Waals surface area contributed by atoms with E-state index in [-0.39, 0.29) is 6.04 Å². The van der Waals surface area contributed by atoms with E-state index in [1.54, 1.807) is 0 Å². The van der Waals surface area contributed by atoms with Gasteiger partial charge in [-0.1, -0.05) is 24.4 Å². The first-order chi connectivity index (χ1) is 7.33. The van der Waals surface area contributed by atoms with E-state index in [9.17, 15) is 0 Å². The van der Waals surface area contributed by atoms with Crippen molar-refractivity contribution >= 4 is 5.84 Å². The number of nitrogens with two attached hydrogens (primary N) is 1. The van der Waals surface area contributed by atoms with E-state index in [1.165, 1.54) is 38.5 Å². The second-order valence-corrected chi connectivity index (χ2v) is 4.71. The van der Waals surface area contributed by atoms with Crippen LogP contribution in [0.15, 0.2) is 5.16 Å². The van der Waals surface area contributed by atoms with Gasteiger partial charge in [0, 0.05) is 6.04 Å². The first-order valence-electron chi connectivity index (χ1n) is 6.06. The molecule has 4 nitrogen and oxygen atoms in total. The minimum absolute atomic E-state index is 0.193. The maximum absolute atomic E-state index is 8.75. The van der Waals surface area contributed by atoms with Crippen LogP contribution in [0.2, 0.25) is 0 Å². The van der Waals surface area contributed by atoms with E-state index in [4.69, 9.17) is 10.9 Å². The molecule has 0 aromatic heterocycles. The third-order valence-electron chi connectivity index (χ3n) is 3.79. The molecular weight excluding hydrogens is 190 g/mol. The molecule has 2 rings (SSSR count). The fraction of sp³-hybridized carbons (Fsp3) is 0.909. The van der Waals surface area contributed by atoms with Crippen LogP contribution < -0.4 is 5.73 Å². The molecule has 0 amide bonds. The molecule has 2 fully saturated rings. The van der Waals surface area contributed by atoms with Gasteiger partial charge in [-0.25, -0.2) is 0 Å². The van der Waals surface area contributed by atoms with Crippen LogP contribution in [0, 0.1) is 0 Å². The number of likely N-dealkylation sites (tertiary alicyclic amines) is 1. The second kappa shape index (κ2) is 4.84. The van der Waals surface area contributed by atoms with Gasteiger partial charge in [-0.15, -0.1) is 0 Å². The lowest BCUT2D eigenvalue weighted by atomic mass is 9.93. The molecule has 0 aromatic rings. The van der Waals surface area contributed by atoms with Gasteiger partial charge in [-0.3, -0.25) is 4.90 Å². The molecule has 4 heteroatoms. The lowest BCUT2D eigenvalue weighted by Gasteiger charge is -2.34. The van der Waals surface area contributed by atoms with Gasteiger partial charge in [0.15, 0.2) is 5.84 Å². The van der Waals surface area contributed by atoms with Crippen molar-refractivity contribution in [1.29, 1.82) is 0 Å². The van der Waals surface area contributed by atoms with Crippen LogP contribution in [0.1, 0.15) is 44.9 Å². The molecule has 2 aliphatic rings. The summed E-state index contributed by atoms with van der Waals surface area (Å²) in [5.74, 6) is 0.401. The van der Waals surface area contributed by atoms with Gasteiger partial charge in [0.25, 0.3) is 0 Å². The standard InChI is InChI=1S/C11H21N3O/c12-11(13-15)10-7-4-8-14(10)9-5-2-1-3-6-9/h9-10,15H,1-8H2,(H2,12,13). The first kappa shape index (κ1) is 10.7. The van der Waals surface area contributed by atoms with Crippen molar-refractivity contribution in [2.45, 2.75) is 57.0 Å². The molecule has 15 heavy (non-hydrogen) atoms. The summed E-state index contributed by atoms with van der Waals surface area (Å²) < 4.78 is 0. The first-order valence-corrected chi connectivity index (χ1v) is 6.06. The Hall–Kier alpha value is -0.770. The highest BCUT2D eigenvalue weighted by molar-refractivity contribution is 5.85. The summed E-state index contributed by atoms with van der Waals surface area (Å²) >= 11 is 0. The summed E-state index contributed by atoms with van der Waals surface area (Å²) in [4.78, 5) is 2.45. The van der Waals surface area contributed by atoms with Gasteiger partial charge < -0.3 is 10.9 Å². The fourth-order valence-corrected chi connectivity index (χ4v) is 3.02. The number of hydrogen-bond acceptors (Lipinski definition) is 3. The third kappa shape index (κ3) is 2.25. The molecule has 1 aliphatic carbocycles. The maximum Gasteiger partial charge on any atom is 0.156 e. The Morgan fingerprint density at radius 1 is 1.13 bits per heavy atom. The van der Waals surface area contributed by atoms with Crippen molar-refractivity contribution in [3.05, 3.63) is 0 Å². The van der Waals surface area contributed by atoms with Crippen molar-refractivity contribution in [3.63, 3.8) is 0 Å². The molecule has 0 spiro atoms. The van der Waals surface area contributed by atoms with Gasteiger partial charge in [-0.2, -0.15) is 0 Å². The number of rotatable bonds is 2.